The highest BCUT2D eigenvalue weighted by Crippen LogP contribution is 2.68. The summed E-state index contributed by atoms with van der Waals surface area (Å²) in [4.78, 5) is 0. The quantitative estimate of drug-likeness (QED) is 0.760. The molecule has 0 aromatic rings. The second-order valence-electron chi connectivity index (χ2n) is 6.48. The van der Waals surface area contributed by atoms with Gasteiger partial charge >= 0.3 is 0 Å². The minimum absolute atomic E-state index is 0.00672. The van der Waals surface area contributed by atoms with Crippen LogP contribution in [0, 0.1) is 22.7 Å². The second-order valence-corrected chi connectivity index (χ2v) is 10.7. The number of hydrogen-bond donors (Lipinski definition) is 0. The third-order valence-electron chi connectivity index (χ3n) is 2.35. The zero-order chi connectivity index (χ0) is 13.5. The van der Waals surface area contributed by atoms with Gasteiger partial charge in [0.05, 0.1) is 12.1 Å². The molecule has 1 saturated carbocycles. The van der Waals surface area contributed by atoms with Gasteiger partial charge in [-0.25, -0.2) is 0 Å². The molecule has 1 aliphatic rings. The van der Waals surface area contributed by atoms with Gasteiger partial charge in [-0.1, -0.05) is 41.5 Å². The summed E-state index contributed by atoms with van der Waals surface area (Å²) in [5, 5.41) is 18.9. The monoisotopic (exact) mass is 268 g/mol. The lowest BCUT2D eigenvalue weighted by atomic mass is 10.2. The molecule has 17 heavy (non-hydrogen) atoms. The molecule has 0 bridgehead atoms. The summed E-state index contributed by atoms with van der Waals surface area (Å²) >= 11 is 3.28. The first kappa shape index (κ1) is 14.7. The summed E-state index contributed by atoms with van der Waals surface area (Å²) in [6.45, 7) is 12.6. The van der Waals surface area contributed by atoms with E-state index in [4.69, 9.17) is 0 Å². The van der Waals surface area contributed by atoms with Gasteiger partial charge in [0.15, 0.2) is 0 Å². The molecule has 0 amide bonds. The van der Waals surface area contributed by atoms with Crippen molar-refractivity contribution in [3.05, 3.63) is 0 Å². The first-order valence-corrected chi connectivity index (χ1v) is 7.35. The normalized spacial score (nSPS) is 32.7. The van der Waals surface area contributed by atoms with Gasteiger partial charge in [0, 0.05) is 15.9 Å². The maximum Gasteiger partial charge on any atom is 0.133 e. The molecule has 0 aromatic heterocycles. The Morgan fingerprint density at radius 2 is 1.12 bits per heavy atom. The SMILES string of the molecule is CC(C)(C)S[C@]1(C#N)C[C@@]1(C#N)SC(C)(C)C. The molecule has 2 atom stereocenters. The summed E-state index contributed by atoms with van der Waals surface area (Å²) in [5.41, 5.74) is 0. The Bertz CT molecular complexity index is 354. The first-order valence-electron chi connectivity index (χ1n) is 5.72. The molecule has 0 aromatic carbocycles. The lowest BCUT2D eigenvalue weighted by Crippen LogP contribution is -2.27. The molecule has 0 unspecified atom stereocenters. The number of nitriles is 2. The Kier molecular flexibility index (Phi) is 3.56. The van der Waals surface area contributed by atoms with E-state index in [0.29, 0.717) is 6.42 Å². The van der Waals surface area contributed by atoms with Crippen molar-refractivity contribution in [2.45, 2.75) is 67.0 Å². The molecule has 0 saturated heterocycles. The third-order valence-corrected chi connectivity index (χ3v) is 5.57. The fraction of sp³-hybridized carbons (Fsp3) is 0.846. The van der Waals surface area contributed by atoms with Crippen LogP contribution in [-0.2, 0) is 0 Å². The van der Waals surface area contributed by atoms with Gasteiger partial charge in [-0.2, -0.15) is 10.5 Å². The van der Waals surface area contributed by atoms with Gasteiger partial charge in [-0.05, 0) is 0 Å². The number of thioether (sulfide) groups is 2. The molecule has 1 aliphatic carbocycles. The van der Waals surface area contributed by atoms with Crippen LogP contribution in [0.4, 0.5) is 0 Å². The molecule has 4 heteroatoms. The lowest BCUT2D eigenvalue weighted by Gasteiger charge is -2.27. The minimum atomic E-state index is -0.530. The van der Waals surface area contributed by atoms with Crippen LogP contribution in [0.3, 0.4) is 0 Å². The van der Waals surface area contributed by atoms with E-state index in [0.717, 1.165) is 0 Å². The van der Waals surface area contributed by atoms with Crippen LogP contribution in [-0.4, -0.2) is 19.0 Å². The van der Waals surface area contributed by atoms with Gasteiger partial charge in [0.1, 0.15) is 9.49 Å². The summed E-state index contributed by atoms with van der Waals surface area (Å²) < 4.78 is -1.05. The maximum atomic E-state index is 9.45. The molecular formula is C13H20N2S2. The summed E-state index contributed by atoms with van der Waals surface area (Å²) in [7, 11) is 0. The Morgan fingerprint density at radius 1 is 0.824 bits per heavy atom. The van der Waals surface area contributed by atoms with Crippen LogP contribution in [0.2, 0.25) is 0 Å². The molecule has 0 heterocycles. The summed E-state index contributed by atoms with van der Waals surface area (Å²) in [6, 6.07) is 4.79. The van der Waals surface area contributed by atoms with Crippen LogP contribution < -0.4 is 0 Å². The number of hydrogen-bond acceptors (Lipinski definition) is 4. The van der Waals surface area contributed by atoms with Crippen LogP contribution in [0.25, 0.3) is 0 Å². The Labute approximate surface area is 113 Å². The largest absolute Gasteiger partial charge is 0.197 e. The maximum absolute atomic E-state index is 9.45. The Hall–Kier alpha value is -0.320. The van der Waals surface area contributed by atoms with E-state index in [9.17, 15) is 10.5 Å². The highest BCUT2D eigenvalue weighted by atomic mass is 32.2. The average Bonchev–Trinajstić information content (AvgIpc) is 2.68. The second kappa shape index (κ2) is 4.11. The molecular weight excluding hydrogens is 248 g/mol. The van der Waals surface area contributed by atoms with E-state index < -0.39 is 9.49 Å². The highest BCUT2D eigenvalue weighted by molar-refractivity contribution is 8.07. The van der Waals surface area contributed by atoms with Crippen LogP contribution in [0.5, 0.6) is 0 Å². The third kappa shape index (κ3) is 3.12. The summed E-state index contributed by atoms with van der Waals surface area (Å²) in [5.74, 6) is 0. The van der Waals surface area contributed by atoms with E-state index in [-0.39, 0.29) is 9.49 Å². The standard InChI is InChI=1S/C13H20N2S2/c1-10(2,3)16-12(8-14)7-13(12,9-15)17-11(4,5)6/h7H2,1-6H3/t12-,13-/m0/s1. The van der Waals surface area contributed by atoms with Crippen molar-refractivity contribution in [3.8, 4) is 12.1 Å². The van der Waals surface area contributed by atoms with Gasteiger partial charge in [-0.3, -0.25) is 0 Å². The number of nitrogens with zero attached hydrogens (tertiary/aromatic N) is 2. The topological polar surface area (TPSA) is 47.6 Å². The van der Waals surface area contributed by atoms with Crippen LogP contribution in [0.1, 0.15) is 48.0 Å². The van der Waals surface area contributed by atoms with E-state index in [1.807, 2.05) is 0 Å². The summed E-state index contributed by atoms with van der Waals surface area (Å²) in [6.07, 6.45) is 0.677. The van der Waals surface area contributed by atoms with Crippen molar-refractivity contribution in [1.29, 1.82) is 10.5 Å². The van der Waals surface area contributed by atoms with Gasteiger partial charge in [0.2, 0.25) is 0 Å². The van der Waals surface area contributed by atoms with Gasteiger partial charge in [0.25, 0.3) is 0 Å². The molecule has 94 valence electrons. The van der Waals surface area contributed by atoms with Crippen LogP contribution in [0.15, 0.2) is 0 Å². The predicted octanol–water partition coefficient (Wildman–Crippen LogP) is 3.98. The van der Waals surface area contributed by atoms with Crippen molar-refractivity contribution in [3.63, 3.8) is 0 Å². The van der Waals surface area contributed by atoms with Crippen LogP contribution >= 0.6 is 23.5 Å². The molecule has 0 spiro atoms. The predicted molar refractivity (Wildman–Crippen MR) is 76.0 cm³/mol. The smallest absolute Gasteiger partial charge is 0.133 e. The fourth-order valence-electron chi connectivity index (χ4n) is 1.89. The molecule has 1 rings (SSSR count). The van der Waals surface area contributed by atoms with E-state index >= 15 is 0 Å². The minimum Gasteiger partial charge on any atom is -0.197 e. The van der Waals surface area contributed by atoms with Crippen molar-refractivity contribution >= 4 is 23.5 Å². The Balaban J connectivity index is 2.95. The van der Waals surface area contributed by atoms with Gasteiger partial charge in [-0.15, -0.1) is 23.5 Å². The lowest BCUT2D eigenvalue weighted by molar-refractivity contribution is 0.787. The molecule has 2 nitrogen and oxygen atoms in total. The van der Waals surface area contributed by atoms with Crippen molar-refractivity contribution in [1.82, 2.24) is 0 Å². The number of rotatable bonds is 2. The first-order chi connectivity index (χ1) is 7.49. The van der Waals surface area contributed by atoms with Crippen molar-refractivity contribution in [2.24, 2.45) is 0 Å². The van der Waals surface area contributed by atoms with Crippen molar-refractivity contribution < 1.29 is 0 Å². The van der Waals surface area contributed by atoms with E-state index in [1.165, 1.54) is 0 Å². The van der Waals surface area contributed by atoms with Crippen molar-refractivity contribution in [2.75, 3.05) is 0 Å². The zero-order valence-electron chi connectivity index (χ0n) is 11.4. The van der Waals surface area contributed by atoms with Gasteiger partial charge < -0.3 is 0 Å². The molecule has 0 N–H and O–H groups in total. The molecule has 0 aliphatic heterocycles. The average molecular weight is 268 g/mol. The van der Waals surface area contributed by atoms with E-state index in [2.05, 4.69) is 53.7 Å². The fourth-order valence-corrected chi connectivity index (χ4v) is 5.42. The molecule has 0 radical (unpaired) electrons. The highest BCUT2D eigenvalue weighted by Gasteiger charge is 2.72. The van der Waals surface area contributed by atoms with E-state index in [1.54, 1.807) is 23.5 Å². The Morgan fingerprint density at radius 3 is 1.29 bits per heavy atom. The zero-order valence-corrected chi connectivity index (χ0v) is 13.1. The molecule has 1 fully saturated rings.